The maximum absolute atomic E-state index is 12.3. The minimum Gasteiger partial charge on any atom is -0.444 e. The molecule has 1 atom stereocenters. The highest BCUT2D eigenvalue weighted by molar-refractivity contribution is 9.11. The Morgan fingerprint density at radius 1 is 0.504 bits per heavy atom. The fraction of sp³-hybridized carbons (Fsp3) is 0.398. The first-order valence-electron chi connectivity index (χ1n) is 37.4. The number of aromatic nitrogens is 6. The van der Waals surface area contributed by atoms with Gasteiger partial charge in [-0.1, -0.05) is 136 Å². The average molecular weight is 1990 g/mol. The van der Waals surface area contributed by atoms with Gasteiger partial charge in [0.05, 0.1) is 11.0 Å². The molecule has 0 aliphatic carbocycles. The minimum atomic E-state index is -0.485. The van der Waals surface area contributed by atoms with Crippen LogP contribution in [0.1, 0.15) is 135 Å². The van der Waals surface area contributed by atoms with Crippen molar-refractivity contribution in [1.82, 2.24) is 70.4 Å². The Hall–Kier alpha value is -7.10. The van der Waals surface area contributed by atoms with Crippen LogP contribution in [0.15, 0.2) is 177 Å². The molecule has 4 amide bonds. The predicted octanol–water partition coefficient (Wildman–Crippen LogP) is 17.0. The number of halogens is 7. The number of anilines is 2. The molecule has 4 saturated heterocycles. The Morgan fingerprint density at radius 3 is 1.54 bits per heavy atom. The number of Topliss-reactive ketones (excluding diaryl/α,β-unsaturated/α-hetero) is 2. The molecule has 30 heteroatoms. The number of nitrogen functional groups attached to an aromatic ring is 2. The van der Waals surface area contributed by atoms with Crippen LogP contribution in [-0.4, -0.2) is 220 Å². The Balaban J connectivity index is 0.000000184. The monoisotopic (exact) mass is 1990 g/mol. The summed E-state index contributed by atoms with van der Waals surface area (Å²) in [6.45, 7) is 23.4. The van der Waals surface area contributed by atoms with Gasteiger partial charge in [0, 0.05) is 137 Å². The molecule has 4 fully saturated rings. The van der Waals surface area contributed by atoms with Gasteiger partial charge in [0.2, 0.25) is 11.9 Å². The van der Waals surface area contributed by atoms with Gasteiger partial charge in [-0.05, 0) is 265 Å². The molecule has 4 aliphatic rings. The first-order chi connectivity index (χ1) is 53.8. The number of benzene rings is 7. The van der Waals surface area contributed by atoms with Gasteiger partial charge in [-0.2, -0.15) is 0 Å². The summed E-state index contributed by atoms with van der Waals surface area (Å²) >= 11 is 23.6. The SMILES string of the molecule is CC(C)(C)OC(=O)N1CC[C@@H](CC(=O)c2cccc(Br)c2)C1.CN(C)CCNC(=O)c1ccc(Br)cc1.CN1CCN(C(=O)c2ccc(Br)cc2)CC1.Cc1cc(Br)cc2nnc(N)nc12.Cc1cc2nc(N)nnc2cc1Br.O=C(CCCN1CCCC1)c1cccc(Br)c1.O=C(NCCN1CCCC1)c1ccc(Br)cc1. The van der Waals surface area contributed by atoms with E-state index in [-0.39, 0.29) is 53.2 Å². The van der Waals surface area contributed by atoms with Gasteiger partial charge in [-0.3, -0.25) is 24.0 Å². The maximum atomic E-state index is 12.3. The molecule has 113 heavy (non-hydrogen) atoms. The van der Waals surface area contributed by atoms with Crippen molar-refractivity contribution >= 4 is 181 Å². The van der Waals surface area contributed by atoms with Gasteiger partial charge in [0.25, 0.3) is 17.7 Å². The fourth-order valence-electron chi connectivity index (χ4n) is 12.0. The molecular formula is C83H101Br7N16O7. The zero-order valence-electron chi connectivity index (χ0n) is 65.2. The lowest BCUT2D eigenvalue weighted by molar-refractivity contribution is 0.0286. The van der Waals surface area contributed by atoms with E-state index in [0.717, 1.165) is 146 Å². The molecule has 6 N–H and O–H groups in total. The first kappa shape index (κ1) is 93.1. The number of carbonyl (C=O) groups excluding carboxylic acids is 6. The number of rotatable bonds is 17. The summed E-state index contributed by atoms with van der Waals surface area (Å²) in [6, 6.07) is 45.0. The van der Waals surface area contributed by atoms with Crippen LogP contribution >= 0.6 is 112 Å². The van der Waals surface area contributed by atoms with E-state index in [1.54, 1.807) is 17.0 Å². The lowest BCUT2D eigenvalue weighted by Gasteiger charge is -2.32. The summed E-state index contributed by atoms with van der Waals surface area (Å²) in [7, 11) is 6.04. The Bertz CT molecular complexity index is 4560. The number of amides is 4. The van der Waals surface area contributed by atoms with Crippen LogP contribution in [0.5, 0.6) is 0 Å². The summed E-state index contributed by atoms with van der Waals surface area (Å²) in [5, 5.41) is 21.0. The van der Waals surface area contributed by atoms with Gasteiger partial charge < -0.3 is 56.2 Å². The highest BCUT2D eigenvalue weighted by atomic mass is 79.9. The molecule has 9 aromatic rings. The number of likely N-dealkylation sites (N-methyl/N-ethyl adjacent to an activating group) is 2. The number of nitrogens with zero attached hydrogens (tertiary/aromatic N) is 12. The maximum Gasteiger partial charge on any atom is 0.410 e. The Labute approximate surface area is 722 Å². The molecule has 13 rings (SSSR count). The number of nitrogens with one attached hydrogen (secondary N) is 2. The molecule has 0 bridgehead atoms. The molecule has 604 valence electrons. The number of fused-ring (bicyclic) bond motifs is 2. The number of aryl methyl sites for hydroxylation is 2. The average Bonchev–Trinajstić information content (AvgIpc) is 1.83. The Morgan fingerprint density at radius 2 is 1.01 bits per heavy atom. The predicted molar refractivity (Wildman–Crippen MR) is 475 cm³/mol. The molecule has 4 aliphatic heterocycles. The number of hydrogen-bond donors (Lipinski definition) is 4. The van der Waals surface area contributed by atoms with Crippen molar-refractivity contribution in [3.8, 4) is 0 Å². The molecule has 6 heterocycles. The second-order valence-electron chi connectivity index (χ2n) is 28.8. The highest BCUT2D eigenvalue weighted by Crippen LogP contribution is 2.27. The zero-order valence-corrected chi connectivity index (χ0v) is 76.3. The summed E-state index contributed by atoms with van der Waals surface area (Å²) in [5.74, 6) is 1.12. The molecule has 23 nitrogen and oxygen atoms in total. The summed E-state index contributed by atoms with van der Waals surface area (Å²) in [6.07, 6.45) is 7.89. The van der Waals surface area contributed by atoms with Crippen LogP contribution in [0.4, 0.5) is 16.7 Å². The van der Waals surface area contributed by atoms with E-state index in [1.807, 2.05) is 192 Å². The van der Waals surface area contributed by atoms with Crippen LogP contribution in [0.2, 0.25) is 0 Å². The molecular weight excluding hydrogens is 1890 g/mol. The molecule has 2 aromatic heterocycles. The molecule has 7 aromatic carbocycles. The van der Waals surface area contributed by atoms with Crippen LogP contribution in [0, 0.1) is 19.8 Å². The third-order valence-corrected chi connectivity index (χ3v) is 22.0. The second kappa shape index (κ2) is 47.8. The number of likely N-dealkylation sites (tertiary alicyclic amines) is 3. The fourth-order valence-corrected chi connectivity index (χ4v) is 14.5. The van der Waals surface area contributed by atoms with Crippen molar-refractivity contribution in [2.45, 2.75) is 91.6 Å². The van der Waals surface area contributed by atoms with E-state index in [0.29, 0.717) is 43.6 Å². The summed E-state index contributed by atoms with van der Waals surface area (Å²) < 4.78 is 12.2. The number of ether oxygens (including phenoxy) is 1. The largest absolute Gasteiger partial charge is 0.444 e. The minimum absolute atomic E-state index is 0.0108. The van der Waals surface area contributed by atoms with Gasteiger partial charge in [-0.25, -0.2) is 14.8 Å². The van der Waals surface area contributed by atoms with Crippen molar-refractivity contribution in [2.24, 2.45) is 5.92 Å². The van der Waals surface area contributed by atoms with E-state index in [1.165, 1.54) is 51.9 Å². The highest BCUT2D eigenvalue weighted by Gasteiger charge is 2.31. The van der Waals surface area contributed by atoms with Crippen molar-refractivity contribution < 1.29 is 33.5 Å². The molecule has 0 unspecified atom stereocenters. The van der Waals surface area contributed by atoms with Gasteiger partial charge in [-0.15, -0.1) is 20.4 Å². The third kappa shape index (κ3) is 33.9. The number of nitrogens with two attached hydrogens (primary N) is 2. The lowest BCUT2D eigenvalue weighted by Crippen LogP contribution is -2.47. The van der Waals surface area contributed by atoms with Crippen LogP contribution in [-0.2, 0) is 4.74 Å². The number of hydrogen-bond acceptors (Lipinski definition) is 19. The van der Waals surface area contributed by atoms with E-state index in [4.69, 9.17) is 16.2 Å². The number of ketones is 2. The van der Waals surface area contributed by atoms with E-state index < -0.39 is 5.60 Å². The lowest BCUT2D eigenvalue weighted by atomic mass is 9.98. The molecule has 0 radical (unpaired) electrons. The quantitative estimate of drug-likeness (QED) is 0.0616. The van der Waals surface area contributed by atoms with Gasteiger partial charge in [0.1, 0.15) is 16.6 Å². The Kier molecular flexibility index (Phi) is 39.4. The van der Waals surface area contributed by atoms with E-state index in [9.17, 15) is 28.8 Å². The number of carbonyl (C=O) groups is 6. The topological polar surface area (TPSA) is 285 Å². The van der Waals surface area contributed by atoms with Crippen LogP contribution in [0.25, 0.3) is 22.1 Å². The van der Waals surface area contributed by atoms with Crippen LogP contribution in [0.3, 0.4) is 0 Å². The van der Waals surface area contributed by atoms with Crippen LogP contribution < -0.4 is 22.1 Å². The van der Waals surface area contributed by atoms with E-state index >= 15 is 0 Å². The second-order valence-corrected chi connectivity index (χ2v) is 35.2. The van der Waals surface area contributed by atoms with E-state index in [2.05, 4.69) is 174 Å². The number of piperazine rings is 1. The standard InChI is InChI=1S/C17H22BrNO3.C14H18BrNO.C13H17BrN2O.C12H15BrN2O.C11H15BrN2O.2C8H7BrN4/c1-17(2,3)22-16(21)19-8-7-12(11-19)9-15(20)13-5-4-6-14(18)10-13;15-13-6-3-5-12(11-13)14(17)7-4-10-16-8-1-2-9-16;14-12-5-3-11(4-6-12)13(17)15-7-10-16-8-1-2-9-16;1-14-6-8-15(9-7-14)12(16)10-2-4-11(13)5-3-10;1-14(2)8-7-13-11(15)9-3-5-10(12)6-4-9;1-4-2-6-7(3-5(4)9)12-13-8(10)11-6;1-4-2-5(9)3-6-7(4)11-8(10)13-12-6/h4-6,10,12H,7-9,11H2,1-3H3;3,5-6,11H,1-2,4,7-10H2;3-6H,1-2,7-10H2,(H,15,17);2-5H,6-9H2,1H3;3-6H,7-8H2,1-2H3,(H,13,15);2*2-3H,1H3,(H2,10,11,13)/t12-;;;;;;/m0....../s1. The molecule has 0 saturated carbocycles. The third-order valence-electron chi connectivity index (χ3n) is 18.1. The van der Waals surface area contributed by atoms with Crippen molar-refractivity contribution in [3.63, 3.8) is 0 Å². The summed E-state index contributed by atoms with van der Waals surface area (Å²) in [5.41, 5.74) is 19.3. The van der Waals surface area contributed by atoms with Crippen molar-refractivity contribution in [3.05, 3.63) is 216 Å². The summed E-state index contributed by atoms with van der Waals surface area (Å²) in [4.78, 5) is 92.6. The zero-order chi connectivity index (χ0) is 82.2. The molecule has 0 spiro atoms. The normalized spacial score (nSPS) is 14.7. The smallest absolute Gasteiger partial charge is 0.410 e. The van der Waals surface area contributed by atoms with Crippen molar-refractivity contribution in [1.29, 1.82) is 0 Å². The first-order valence-corrected chi connectivity index (χ1v) is 43.0. The van der Waals surface area contributed by atoms with Gasteiger partial charge >= 0.3 is 6.09 Å². The van der Waals surface area contributed by atoms with Gasteiger partial charge in [0.15, 0.2) is 11.6 Å². The van der Waals surface area contributed by atoms with Crippen molar-refractivity contribution in [2.75, 3.05) is 131 Å².